The van der Waals surface area contributed by atoms with Gasteiger partial charge in [0.05, 0.1) is 29.4 Å². The summed E-state index contributed by atoms with van der Waals surface area (Å²) in [6.07, 6.45) is 3.11. The molecule has 4 rings (SSSR count). The van der Waals surface area contributed by atoms with Gasteiger partial charge in [-0.25, -0.2) is 4.99 Å². The molecule has 1 atom stereocenters. The van der Waals surface area contributed by atoms with Gasteiger partial charge in [0, 0.05) is 19.5 Å². The zero-order valence-electron chi connectivity index (χ0n) is 15.3. The fourth-order valence-corrected chi connectivity index (χ4v) is 4.51. The SMILES string of the molecule is CSC1=[NH+]C(C)(C)CC2=C1C(c1ccccc1)Nc1ccccc1N2.[I-]. The first kappa shape index (κ1) is 19.3. The molecule has 0 saturated carbocycles. The van der Waals surface area contributed by atoms with E-state index in [1.54, 1.807) is 11.8 Å². The van der Waals surface area contributed by atoms with Crippen LogP contribution in [0.15, 0.2) is 65.9 Å². The van der Waals surface area contributed by atoms with E-state index in [1.807, 2.05) is 0 Å². The largest absolute Gasteiger partial charge is 1.00 e. The maximum atomic E-state index is 3.77. The molecule has 136 valence electrons. The summed E-state index contributed by atoms with van der Waals surface area (Å²) < 4.78 is 0. The van der Waals surface area contributed by atoms with Gasteiger partial charge in [-0.3, -0.25) is 0 Å². The third-order valence-electron chi connectivity index (χ3n) is 4.78. The minimum atomic E-state index is 0. The third kappa shape index (κ3) is 3.64. The molecule has 2 aliphatic heterocycles. The molecule has 0 saturated heterocycles. The van der Waals surface area contributed by atoms with E-state index in [-0.39, 0.29) is 35.6 Å². The molecule has 2 aromatic rings. The number of thioether (sulfide) groups is 1. The monoisotopic (exact) mass is 477 g/mol. The molecule has 26 heavy (non-hydrogen) atoms. The number of halogens is 1. The number of benzene rings is 2. The normalized spacial score (nSPS) is 20.4. The highest BCUT2D eigenvalue weighted by molar-refractivity contribution is 8.13. The van der Waals surface area contributed by atoms with Crippen molar-refractivity contribution in [1.82, 2.24) is 0 Å². The lowest BCUT2D eigenvalue weighted by Gasteiger charge is -2.28. The quantitative estimate of drug-likeness (QED) is 0.526. The topological polar surface area (TPSA) is 38.0 Å². The Bertz CT molecular complexity index is 859. The second kappa shape index (κ2) is 7.64. The zero-order chi connectivity index (χ0) is 17.4. The van der Waals surface area contributed by atoms with E-state index in [1.165, 1.54) is 21.9 Å². The van der Waals surface area contributed by atoms with Crippen LogP contribution in [0.4, 0.5) is 11.4 Å². The molecule has 0 amide bonds. The van der Waals surface area contributed by atoms with E-state index < -0.39 is 0 Å². The van der Waals surface area contributed by atoms with Crippen LogP contribution in [0.25, 0.3) is 0 Å². The highest BCUT2D eigenvalue weighted by Gasteiger charge is 2.39. The van der Waals surface area contributed by atoms with E-state index in [2.05, 4.69) is 90.3 Å². The Hall–Kier alpha value is -1.47. The van der Waals surface area contributed by atoms with E-state index >= 15 is 0 Å². The highest BCUT2D eigenvalue weighted by atomic mass is 127. The van der Waals surface area contributed by atoms with Gasteiger partial charge in [0.15, 0.2) is 5.54 Å². The van der Waals surface area contributed by atoms with Crippen LogP contribution in [0.5, 0.6) is 0 Å². The molecule has 0 spiro atoms. The number of rotatable bonds is 1. The Labute approximate surface area is 176 Å². The van der Waals surface area contributed by atoms with Crippen molar-refractivity contribution in [3.8, 4) is 0 Å². The summed E-state index contributed by atoms with van der Waals surface area (Å²) in [6, 6.07) is 19.3. The molecule has 5 heteroatoms. The molecule has 3 nitrogen and oxygen atoms in total. The Morgan fingerprint density at radius 1 is 1.00 bits per heavy atom. The van der Waals surface area contributed by atoms with Crippen molar-refractivity contribution in [3.63, 3.8) is 0 Å². The Morgan fingerprint density at radius 3 is 2.35 bits per heavy atom. The lowest BCUT2D eigenvalue weighted by Crippen LogP contribution is -3.00. The van der Waals surface area contributed by atoms with Crippen LogP contribution in [0.1, 0.15) is 31.9 Å². The second-order valence-corrected chi connectivity index (χ2v) is 8.09. The smallest absolute Gasteiger partial charge is 0.240 e. The maximum Gasteiger partial charge on any atom is 0.240 e. The summed E-state index contributed by atoms with van der Waals surface area (Å²) in [4.78, 5) is 3.74. The van der Waals surface area contributed by atoms with E-state index in [9.17, 15) is 0 Å². The summed E-state index contributed by atoms with van der Waals surface area (Å²) >= 11 is 1.79. The van der Waals surface area contributed by atoms with Gasteiger partial charge in [0.1, 0.15) is 0 Å². The van der Waals surface area contributed by atoms with Crippen LogP contribution in [-0.2, 0) is 0 Å². The van der Waals surface area contributed by atoms with E-state index in [4.69, 9.17) is 0 Å². The first-order valence-electron chi connectivity index (χ1n) is 8.67. The molecular weight excluding hydrogens is 453 g/mol. The van der Waals surface area contributed by atoms with Gasteiger partial charge in [0.2, 0.25) is 5.04 Å². The van der Waals surface area contributed by atoms with E-state index in [0.29, 0.717) is 0 Å². The molecule has 2 aromatic carbocycles. The first-order chi connectivity index (χ1) is 12.1. The van der Waals surface area contributed by atoms with Crippen LogP contribution in [0.2, 0.25) is 0 Å². The number of nitrogens with one attached hydrogen (secondary N) is 3. The summed E-state index contributed by atoms with van der Waals surface area (Å²) in [5.74, 6) is 0. The Kier molecular flexibility index (Phi) is 5.67. The second-order valence-electron chi connectivity index (χ2n) is 7.27. The molecule has 2 aliphatic rings. The molecule has 0 aromatic heterocycles. The van der Waals surface area contributed by atoms with Crippen molar-refractivity contribution in [3.05, 3.63) is 71.4 Å². The molecular formula is C21H24IN3S. The van der Waals surface area contributed by atoms with Gasteiger partial charge in [-0.2, -0.15) is 0 Å². The first-order valence-corrected chi connectivity index (χ1v) is 9.90. The minimum Gasteiger partial charge on any atom is -1.00 e. The average Bonchev–Trinajstić information content (AvgIpc) is 2.77. The van der Waals surface area contributed by atoms with Crippen molar-refractivity contribution in [2.24, 2.45) is 0 Å². The predicted molar refractivity (Wildman–Crippen MR) is 108 cm³/mol. The number of fused-ring (bicyclic) bond motifs is 1. The van der Waals surface area contributed by atoms with Crippen LogP contribution in [-0.4, -0.2) is 16.8 Å². The molecule has 0 bridgehead atoms. The standard InChI is InChI=1S/C21H23N3S.HI/c1-21(2)13-17-18(20(24-21)25-3)19(14-9-5-4-6-10-14)23-16-12-8-7-11-15(16)22-17;/h4-12,19,22-23H,13H2,1-3H3;1H. The summed E-state index contributed by atoms with van der Waals surface area (Å²) in [7, 11) is 0. The van der Waals surface area contributed by atoms with Crippen molar-refractivity contribution in [2.75, 3.05) is 16.9 Å². The number of hydrogen-bond acceptors (Lipinski definition) is 3. The van der Waals surface area contributed by atoms with Crippen LogP contribution < -0.4 is 39.6 Å². The molecule has 2 heterocycles. The average molecular weight is 477 g/mol. The maximum absolute atomic E-state index is 3.77. The van der Waals surface area contributed by atoms with Crippen molar-refractivity contribution >= 4 is 28.2 Å². The molecule has 0 radical (unpaired) electrons. The molecule has 3 N–H and O–H groups in total. The molecule has 0 fully saturated rings. The Morgan fingerprint density at radius 2 is 1.65 bits per heavy atom. The Balaban J connectivity index is 0.00000196. The van der Waals surface area contributed by atoms with Crippen LogP contribution in [0, 0.1) is 0 Å². The minimum absolute atomic E-state index is 0. The van der Waals surface area contributed by atoms with Gasteiger partial charge in [-0.1, -0.05) is 54.2 Å². The van der Waals surface area contributed by atoms with Crippen molar-refractivity contribution < 1.29 is 29.0 Å². The summed E-state index contributed by atoms with van der Waals surface area (Å²) in [5, 5.41) is 8.74. The number of para-hydroxylation sites is 2. The van der Waals surface area contributed by atoms with Gasteiger partial charge < -0.3 is 34.6 Å². The van der Waals surface area contributed by atoms with Gasteiger partial charge in [-0.05, 0) is 24.0 Å². The summed E-state index contributed by atoms with van der Waals surface area (Å²) in [5.41, 5.74) is 6.23. The van der Waals surface area contributed by atoms with Crippen molar-refractivity contribution in [1.29, 1.82) is 0 Å². The zero-order valence-corrected chi connectivity index (χ0v) is 18.2. The fourth-order valence-electron chi connectivity index (χ4n) is 3.67. The third-order valence-corrected chi connectivity index (χ3v) is 5.51. The molecule has 1 unspecified atom stereocenters. The number of hydrogen-bond donors (Lipinski definition) is 3. The van der Waals surface area contributed by atoms with Gasteiger partial charge in [0.25, 0.3) is 0 Å². The van der Waals surface area contributed by atoms with Crippen LogP contribution in [0.3, 0.4) is 0 Å². The highest BCUT2D eigenvalue weighted by Crippen LogP contribution is 2.40. The van der Waals surface area contributed by atoms with Gasteiger partial charge >= 0.3 is 0 Å². The summed E-state index contributed by atoms with van der Waals surface area (Å²) in [6.45, 7) is 4.52. The number of anilines is 2. The lowest BCUT2D eigenvalue weighted by molar-refractivity contribution is -0.542. The fraction of sp³-hybridized carbons (Fsp3) is 0.286. The van der Waals surface area contributed by atoms with Crippen molar-refractivity contribution in [2.45, 2.75) is 31.8 Å². The van der Waals surface area contributed by atoms with Gasteiger partial charge in [-0.15, -0.1) is 0 Å². The van der Waals surface area contributed by atoms with Crippen LogP contribution >= 0.6 is 11.8 Å². The predicted octanol–water partition coefficient (Wildman–Crippen LogP) is 0.548. The lowest BCUT2D eigenvalue weighted by atomic mass is 9.89. The van der Waals surface area contributed by atoms with E-state index in [0.717, 1.165) is 17.8 Å². The molecule has 0 aliphatic carbocycles.